The van der Waals surface area contributed by atoms with Crippen LogP contribution in [0.5, 0.6) is 0 Å². The van der Waals surface area contributed by atoms with Crippen LogP contribution < -0.4 is 0 Å². The topological polar surface area (TPSA) is 54.4 Å². The summed E-state index contributed by atoms with van der Waals surface area (Å²) in [6, 6.07) is 14.4. The van der Waals surface area contributed by atoms with Crippen LogP contribution in [0.1, 0.15) is 44.7 Å². The second kappa shape index (κ2) is 7.76. The summed E-state index contributed by atoms with van der Waals surface area (Å²) in [6.07, 6.45) is 3.52. The Morgan fingerprint density at radius 1 is 0.909 bits per heavy atom. The first-order valence-electron chi connectivity index (χ1n) is 7.18. The predicted molar refractivity (Wildman–Crippen MR) is 86.7 cm³/mol. The number of aryl methyl sites for hydroxylation is 2. The molecule has 0 aromatic heterocycles. The van der Waals surface area contributed by atoms with Crippen molar-refractivity contribution in [3.05, 3.63) is 70.8 Å². The van der Waals surface area contributed by atoms with Gasteiger partial charge in [-0.3, -0.25) is 4.79 Å². The van der Waals surface area contributed by atoms with Crippen molar-refractivity contribution in [1.82, 2.24) is 0 Å². The number of hydrogen-bond acceptors (Lipinski definition) is 2. The molecule has 0 saturated heterocycles. The Morgan fingerprint density at radius 2 is 1.55 bits per heavy atom. The molecule has 0 fully saturated rings. The van der Waals surface area contributed by atoms with Crippen LogP contribution in [0.15, 0.2) is 48.5 Å². The van der Waals surface area contributed by atoms with E-state index in [9.17, 15) is 9.59 Å². The third kappa shape index (κ3) is 4.43. The molecular weight excluding hydrogens is 300 g/mol. The van der Waals surface area contributed by atoms with Gasteiger partial charge >= 0.3 is 5.97 Å². The van der Waals surface area contributed by atoms with Crippen molar-refractivity contribution >= 4 is 22.8 Å². The quantitative estimate of drug-likeness (QED) is 0.611. The molecule has 0 aliphatic heterocycles. The fourth-order valence-corrected chi connectivity index (χ4v) is 2.52. The zero-order valence-electron chi connectivity index (χ0n) is 12.1. The van der Waals surface area contributed by atoms with Crippen LogP contribution in [0.3, 0.4) is 0 Å². The minimum absolute atomic E-state index is 0.382. The van der Waals surface area contributed by atoms with E-state index in [1.807, 2.05) is 24.3 Å². The molecule has 0 aliphatic rings. The van der Waals surface area contributed by atoms with Crippen LogP contribution in [0.4, 0.5) is 0 Å². The highest BCUT2D eigenvalue weighted by Gasteiger charge is 2.08. The largest absolute Gasteiger partial charge is 0.478 e. The van der Waals surface area contributed by atoms with E-state index in [0.29, 0.717) is 11.1 Å². The van der Waals surface area contributed by atoms with Gasteiger partial charge in [0.2, 0.25) is 0 Å². The first-order chi connectivity index (χ1) is 10.6. The molecule has 4 heteroatoms. The average Bonchev–Trinajstić information content (AvgIpc) is 2.52. The van der Waals surface area contributed by atoms with Gasteiger partial charge < -0.3 is 5.11 Å². The SMILES string of the molecule is O=C(Cl)c1ccc(CCCCc2ccccc2C(=O)O)cc1. The van der Waals surface area contributed by atoms with E-state index in [1.54, 1.807) is 24.3 Å². The van der Waals surface area contributed by atoms with Gasteiger partial charge in [-0.1, -0.05) is 30.3 Å². The van der Waals surface area contributed by atoms with Crippen molar-refractivity contribution in [1.29, 1.82) is 0 Å². The summed E-state index contributed by atoms with van der Waals surface area (Å²) in [4.78, 5) is 22.1. The van der Waals surface area contributed by atoms with Crippen molar-refractivity contribution in [3.8, 4) is 0 Å². The Bertz CT molecular complexity index is 662. The molecule has 0 aliphatic carbocycles. The van der Waals surface area contributed by atoms with Gasteiger partial charge in [-0.15, -0.1) is 0 Å². The second-order valence-corrected chi connectivity index (χ2v) is 5.48. The van der Waals surface area contributed by atoms with Crippen molar-refractivity contribution in [2.45, 2.75) is 25.7 Å². The monoisotopic (exact) mass is 316 g/mol. The fourth-order valence-electron chi connectivity index (χ4n) is 2.39. The summed E-state index contributed by atoms with van der Waals surface area (Å²) in [5.41, 5.74) is 2.90. The number of carbonyl (C=O) groups is 2. The zero-order valence-corrected chi connectivity index (χ0v) is 12.8. The lowest BCUT2D eigenvalue weighted by Gasteiger charge is -2.06. The highest BCUT2D eigenvalue weighted by atomic mass is 35.5. The number of carboxylic acids is 1. The highest BCUT2D eigenvalue weighted by molar-refractivity contribution is 6.67. The van der Waals surface area contributed by atoms with Crippen molar-refractivity contribution in [3.63, 3.8) is 0 Å². The number of rotatable bonds is 7. The standard InChI is InChI=1S/C18H17ClO3/c19-17(20)15-11-9-13(10-12-15)5-1-2-6-14-7-3-4-8-16(14)18(21)22/h3-4,7-12H,1-2,5-6H2,(H,21,22). The molecular formula is C18H17ClO3. The van der Waals surface area contributed by atoms with E-state index in [0.717, 1.165) is 36.8 Å². The lowest BCUT2D eigenvalue weighted by atomic mass is 9.99. The van der Waals surface area contributed by atoms with E-state index in [2.05, 4.69) is 0 Å². The van der Waals surface area contributed by atoms with Gasteiger partial charge in [0.15, 0.2) is 0 Å². The first-order valence-corrected chi connectivity index (χ1v) is 7.55. The van der Waals surface area contributed by atoms with Gasteiger partial charge in [0, 0.05) is 5.56 Å². The molecule has 0 unspecified atom stereocenters. The van der Waals surface area contributed by atoms with Gasteiger partial charge in [0.05, 0.1) is 5.56 Å². The normalized spacial score (nSPS) is 10.4. The van der Waals surface area contributed by atoms with Crippen LogP contribution in [-0.2, 0) is 12.8 Å². The van der Waals surface area contributed by atoms with Gasteiger partial charge in [-0.2, -0.15) is 0 Å². The molecule has 0 heterocycles. The molecule has 114 valence electrons. The van der Waals surface area contributed by atoms with Crippen LogP contribution in [0.2, 0.25) is 0 Å². The van der Waals surface area contributed by atoms with E-state index in [-0.39, 0.29) is 0 Å². The van der Waals surface area contributed by atoms with Crippen LogP contribution in [0, 0.1) is 0 Å². The summed E-state index contributed by atoms with van der Waals surface area (Å²) < 4.78 is 0. The maximum absolute atomic E-state index is 11.1. The Kier molecular flexibility index (Phi) is 5.73. The molecule has 0 bridgehead atoms. The Labute approximate surface area is 134 Å². The number of halogens is 1. The summed E-state index contributed by atoms with van der Waals surface area (Å²) >= 11 is 5.40. The molecule has 22 heavy (non-hydrogen) atoms. The van der Waals surface area contributed by atoms with Crippen molar-refractivity contribution in [2.24, 2.45) is 0 Å². The maximum Gasteiger partial charge on any atom is 0.335 e. The third-order valence-electron chi connectivity index (χ3n) is 3.59. The minimum Gasteiger partial charge on any atom is -0.478 e. The predicted octanol–water partition coefficient (Wildman–Crippen LogP) is 4.33. The second-order valence-electron chi connectivity index (χ2n) is 5.14. The number of benzene rings is 2. The van der Waals surface area contributed by atoms with Gasteiger partial charge in [-0.05, 0) is 66.6 Å². The maximum atomic E-state index is 11.1. The van der Waals surface area contributed by atoms with E-state index >= 15 is 0 Å². The summed E-state index contributed by atoms with van der Waals surface area (Å²) in [6.45, 7) is 0. The van der Waals surface area contributed by atoms with E-state index in [1.165, 1.54) is 0 Å². The van der Waals surface area contributed by atoms with Crippen LogP contribution >= 0.6 is 11.6 Å². The van der Waals surface area contributed by atoms with Gasteiger partial charge in [0.25, 0.3) is 5.24 Å². The lowest BCUT2D eigenvalue weighted by Crippen LogP contribution is -2.02. The molecule has 0 atom stereocenters. The average molecular weight is 317 g/mol. The summed E-state index contributed by atoms with van der Waals surface area (Å²) in [7, 11) is 0. The number of aromatic carboxylic acids is 1. The van der Waals surface area contributed by atoms with Gasteiger partial charge in [-0.25, -0.2) is 4.79 Å². The first kappa shape index (κ1) is 16.2. The molecule has 0 saturated carbocycles. The lowest BCUT2D eigenvalue weighted by molar-refractivity contribution is 0.0695. The summed E-state index contributed by atoms with van der Waals surface area (Å²) in [5, 5.41) is 8.69. The molecule has 0 spiro atoms. The number of carbonyl (C=O) groups excluding carboxylic acids is 1. The molecule has 2 aromatic carbocycles. The van der Waals surface area contributed by atoms with E-state index < -0.39 is 11.2 Å². The van der Waals surface area contributed by atoms with Crippen molar-refractivity contribution in [2.75, 3.05) is 0 Å². The minimum atomic E-state index is -0.878. The van der Waals surface area contributed by atoms with Crippen LogP contribution in [-0.4, -0.2) is 16.3 Å². The van der Waals surface area contributed by atoms with Crippen molar-refractivity contribution < 1.29 is 14.7 Å². The smallest absolute Gasteiger partial charge is 0.335 e. The molecule has 3 nitrogen and oxygen atoms in total. The molecule has 0 radical (unpaired) electrons. The number of carboxylic acid groups (broad SMARTS) is 1. The summed E-state index contributed by atoms with van der Waals surface area (Å²) in [5.74, 6) is -0.878. The molecule has 1 N–H and O–H groups in total. The Hall–Kier alpha value is -2.13. The zero-order chi connectivity index (χ0) is 15.9. The fraction of sp³-hybridized carbons (Fsp3) is 0.222. The third-order valence-corrected chi connectivity index (χ3v) is 3.81. The Balaban J connectivity index is 1.85. The molecule has 0 amide bonds. The Morgan fingerprint density at radius 3 is 2.18 bits per heavy atom. The van der Waals surface area contributed by atoms with Gasteiger partial charge in [0.1, 0.15) is 0 Å². The van der Waals surface area contributed by atoms with Crippen LogP contribution in [0.25, 0.3) is 0 Å². The number of hydrogen-bond donors (Lipinski definition) is 1. The highest BCUT2D eigenvalue weighted by Crippen LogP contribution is 2.14. The number of unbranched alkanes of at least 4 members (excludes halogenated alkanes) is 1. The molecule has 2 rings (SSSR count). The van der Waals surface area contributed by atoms with E-state index in [4.69, 9.17) is 16.7 Å². The molecule has 2 aromatic rings.